The van der Waals surface area contributed by atoms with Gasteiger partial charge >= 0.3 is 5.97 Å². The molecule has 2 rings (SSSR count). The Morgan fingerprint density at radius 2 is 2.35 bits per heavy atom. The average molecular weight is 295 g/mol. The van der Waals surface area contributed by atoms with Crippen molar-refractivity contribution in [3.8, 4) is 0 Å². The summed E-state index contributed by atoms with van der Waals surface area (Å²) in [6.45, 7) is 0.144. The monoisotopic (exact) mass is 295 g/mol. The molecule has 0 aliphatic heterocycles. The second-order valence-corrected chi connectivity index (χ2v) is 5.02. The molecule has 1 atom stereocenters. The van der Waals surface area contributed by atoms with Crippen LogP contribution >= 0.6 is 11.3 Å². The van der Waals surface area contributed by atoms with Crippen LogP contribution in [0.15, 0.2) is 17.8 Å². The highest BCUT2D eigenvalue weighted by Crippen LogP contribution is 2.11. The highest BCUT2D eigenvalue weighted by atomic mass is 32.1. The lowest BCUT2D eigenvalue weighted by atomic mass is 10.1. The quantitative estimate of drug-likeness (QED) is 0.707. The van der Waals surface area contributed by atoms with Gasteiger partial charge in [-0.3, -0.25) is 9.48 Å². The van der Waals surface area contributed by atoms with E-state index in [1.165, 1.54) is 22.9 Å². The summed E-state index contributed by atoms with van der Waals surface area (Å²) in [5.41, 5.74) is 6.37. The number of thiazole rings is 1. The van der Waals surface area contributed by atoms with Gasteiger partial charge in [-0.1, -0.05) is 0 Å². The van der Waals surface area contributed by atoms with Crippen LogP contribution in [-0.4, -0.2) is 31.7 Å². The number of carbonyl (C=O) groups is 2. The molecule has 2 aromatic heterocycles. The van der Waals surface area contributed by atoms with E-state index in [9.17, 15) is 9.59 Å². The summed E-state index contributed by atoms with van der Waals surface area (Å²) in [7, 11) is 1.73. The normalized spacial score (nSPS) is 12.1. The fourth-order valence-corrected chi connectivity index (χ4v) is 2.22. The lowest BCUT2D eigenvalue weighted by Gasteiger charge is -2.09. The SMILES string of the molecule is Cn1cc(C(N)C(=O)NCc2nc(C(=O)O)cs2)cn1. The minimum Gasteiger partial charge on any atom is -0.476 e. The molecule has 0 aliphatic carbocycles. The second-order valence-electron chi connectivity index (χ2n) is 4.07. The first-order valence-electron chi connectivity index (χ1n) is 5.67. The fraction of sp³-hybridized carbons (Fsp3) is 0.273. The van der Waals surface area contributed by atoms with E-state index < -0.39 is 12.0 Å². The topological polar surface area (TPSA) is 123 Å². The van der Waals surface area contributed by atoms with Crippen molar-refractivity contribution in [2.45, 2.75) is 12.6 Å². The summed E-state index contributed by atoms with van der Waals surface area (Å²) in [5, 5.41) is 17.2. The molecule has 2 aromatic rings. The first kappa shape index (κ1) is 14.2. The minimum absolute atomic E-state index is 0.0317. The van der Waals surface area contributed by atoms with Crippen LogP contribution in [0.25, 0.3) is 0 Å². The van der Waals surface area contributed by atoms with Gasteiger partial charge in [0.15, 0.2) is 5.69 Å². The smallest absolute Gasteiger partial charge is 0.355 e. The van der Waals surface area contributed by atoms with E-state index in [0.29, 0.717) is 10.6 Å². The van der Waals surface area contributed by atoms with Crippen LogP contribution in [0.4, 0.5) is 0 Å². The summed E-state index contributed by atoms with van der Waals surface area (Å²) in [5.74, 6) is -1.46. The van der Waals surface area contributed by atoms with Gasteiger partial charge in [-0.15, -0.1) is 11.3 Å². The fourth-order valence-electron chi connectivity index (χ4n) is 1.52. The molecule has 0 saturated carbocycles. The van der Waals surface area contributed by atoms with Crippen LogP contribution in [-0.2, 0) is 18.4 Å². The molecule has 0 aromatic carbocycles. The van der Waals surface area contributed by atoms with E-state index in [1.807, 2.05) is 0 Å². The van der Waals surface area contributed by atoms with Gasteiger partial charge in [0.05, 0.1) is 12.7 Å². The Morgan fingerprint density at radius 1 is 1.60 bits per heavy atom. The average Bonchev–Trinajstić information content (AvgIpc) is 3.03. The van der Waals surface area contributed by atoms with Crippen molar-refractivity contribution >= 4 is 23.2 Å². The summed E-state index contributed by atoms with van der Waals surface area (Å²) < 4.78 is 1.56. The van der Waals surface area contributed by atoms with Crippen molar-refractivity contribution in [1.82, 2.24) is 20.1 Å². The molecule has 0 bridgehead atoms. The molecule has 106 valence electrons. The third kappa shape index (κ3) is 3.19. The molecule has 1 unspecified atom stereocenters. The maximum atomic E-state index is 11.9. The second kappa shape index (κ2) is 5.80. The Hall–Kier alpha value is -2.26. The van der Waals surface area contributed by atoms with Crippen molar-refractivity contribution in [2.75, 3.05) is 0 Å². The van der Waals surface area contributed by atoms with Crippen molar-refractivity contribution in [3.05, 3.63) is 34.0 Å². The number of hydrogen-bond acceptors (Lipinski definition) is 6. The number of carboxylic acid groups (broad SMARTS) is 1. The van der Waals surface area contributed by atoms with E-state index in [-0.39, 0.29) is 18.1 Å². The number of hydrogen-bond donors (Lipinski definition) is 3. The molecule has 0 aliphatic rings. The van der Waals surface area contributed by atoms with E-state index in [0.717, 1.165) is 0 Å². The number of amides is 1. The maximum absolute atomic E-state index is 11.9. The molecular weight excluding hydrogens is 282 g/mol. The summed E-state index contributed by atoms with van der Waals surface area (Å²) in [6, 6.07) is -0.817. The first-order chi connectivity index (χ1) is 9.47. The van der Waals surface area contributed by atoms with Gasteiger partial charge in [0, 0.05) is 24.2 Å². The van der Waals surface area contributed by atoms with Crippen molar-refractivity contribution in [1.29, 1.82) is 0 Å². The Morgan fingerprint density at radius 3 is 2.90 bits per heavy atom. The molecule has 20 heavy (non-hydrogen) atoms. The molecule has 8 nitrogen and oxygen atoms in total. The van der Waals surface area contributed by atoms with Crippen molar-refractivity contribution in [2.24, 2.45) is 12.8 Å². The molecule has 1 amide bonds. The first-order valence-corrected chi connectivity index (χ1v) is 6.55. The van der Waals surface area contributed by atoms with Gasteiger partial charge in [0.25, 0.3) is 0 Å². The largest absolute Gasteiger partial charge is 0.476 e. The van der Waals surface area contributed by atoms with Gasteiger partial charge in [-0.25, -0.2) is 9.78 Å². The van der Waals surface area contributed by atoms with E-state index in [1.54, 1.807) is 17.9 Å². The van der Waals surface area contributed by atoms with Gasteiger partial charge in [-0.05, 0) is 0 Å². The summed E-state index contributed by atoms with van der Waals surface area (Å²) in [4.78, 5) is 26.4. The Balaban J connectivity index is 1.92. The van der Waals surface area contributed by atoms with E-state index >= 15 is 0 Å². The minimum atomic E-state index is -1.09. The van der Waals surface area contributed by atoms with Gasteiger partial charge < -0.3 is 16.2 Å². The Labute approximate surface area is 118 Å². The van der Waals surface area contributed by atoms with Gasteiger partial charge in [0.2, 0.25) is 5.91 Å². The zero-order valence-corrected chi connectivity index (χ0v) is 11.4. The van der Waals surface area contributed by atoms with Crippen molar-refractivity contribution in [3.63, 3.8) is 0 Å². The molecule has 9 heteroatoms. The standard InChI is InChI=1S/C11H13N5O3S/c1-16-4-6(2-14-16)9(12)10(17)13-3-8-15-7(5-20-8)11(18)19/h2,4-5,9H,3,12H2,1H3,(H,13,17)(H,18,19). The molecule has 0 radical (unpaired) electrons. The number of aromatic nitrogens is 3. The summed E-state index contributed by atoms with van der Waals surface area (Å²) >= 11 is 1.17. The van der Waals surface area contributed by atoms with Crippen LogP contribution in [0.5, 0.6) is 0 Å². The number of carboxylic acids is 1. The van der Waals surface area contributed by atoms with Crippen LogP contribution < -0.4 is 11.1 Å². The lowest BCUT2D eigenvalue weighted by molar-refractivity contribution is -0.122. The van der Waals surface area contributed by atoms with Crippen LogP contribution in [0.2, 0.25) is 0 Å². The number of nitrogens with one attached hydrogen (secondary N) is 1. The number of nitrogens with zero attached hydrogens (tertiary/aromatic N) is 3. The Kier molecular flexibility index (Phi) is 4.11. The third-order valence-corrected chi connectivity index (χ3v) is 3.40. The van der Waals surface area contributed by atoms with E-state index in [4.69, 9.17) is 10.8 Å². The number of aromatic carboxylic acids is 1. The Bertz CT molecular complexity index is 636. The number of rotatable bonds is 5. The lowest BCUT2D eigenvalue weighted by Crippen LogP contribution is -2.33. The number of aryl methyl sites for hydroxylation is 1. The maximum Gasteiger partial charge on any atom is 0.355 e. The molecule has 4 N–H and O–H groups in total. The predicted octanol–water partition coefficient (Wildman–Crippen LogP) is -0.109. The van der Waals surface area contributed by atoms with Crippen molar-refractivity contribution < 1.29 is 14.7 Å². The predicted molar refractivity (Wildman–Crippen MR) is 71.1 cm³/mol. The van der Waals surface area contributed by atoms with Crippen LogP contribution in [0.1, 0.15) is 27.1 Å². The molecule has 0 fully saturated rings. The zero-order chi connectivity index (χ0) is 14.7. The van der Waals surface area contributed by atoms with E-state index in [2.05, 4.69) is 15.4 Å². The summed E-state index contributed by atoms with van der Waals surface area (Å²) in [6.07, 6.45) is 3.19. The molecule has 2 heterocycles. The number of nitrogens with two attached hydrogens (primary N) is 1. The molecule has 0 saturated heterocycles. The molecule has 0 spiro atoms. The van der Waals surface area contributed by atoms with Crippen LogP contribution in [0.3, 0.4) is 0 Å². The number of carbonyl (C=O) groups excluding carboxylic acids is 1. The molecular formula is C11H13N5O3S. The van der Waals surface area contributed by atoms with Gasteiger partial charge in [-0.2, -0.15) is 5.10 Å². The highest BCUT2D eigenvalue weighted by Gasteiger charge is 2.17. The highest BCUT2D eigenvalue weighted by molar-refractivity contribution is 7.09. The van der Waals surface area contributed by atoms with Gasteiger partial charge in [0.1, 0.15) is 11.0 Å². The third-order valence-electron chi connectivity index (χ3n) is 2.55. The zero-order valence-electron chi connectivity index (χ0n) is 10.6. The van der Waals surface area contributed by atoms with Crippen LogP contribution in [0, 0.1) is 0 Å².